The quantitative estimate of drug-likeness (QED) is 0.679. The van der Waals surface area contributed by atoms with Crippen LogP contribution in [0.2, 0.25) is 0 Å². The van der Waals surface area contributed by atoms with E-state index in [2.05, 4.69) is 0 Å². The van der Waals surface area contributed by atoms with Gasteiger partial charge >= 0.3 is 41.8 Å². The molecule has 0 bridgehead atoms. The Morgan fingerprint density at radius 1 is 0.667 bits per heavy atom. The Bertz CT molecular complexity index is 492. The largest absolute Gasteiger partial charge is 0.481 e. The third kappa shape index (κ3) is 2.74. The topological polar surface area (TPSA) is 37.3 Å². The van der Waals surface area contributed by atoms with Gasteiger partial charge in [0.05, 0.1) is 0 Å². The van der Waals surface area contributed by atoms with E-state index in [0.29, 0.717) is 0 Å². The number of carbonyl (C=O) groups is 1. The van der Waals surface area contributed by atoms with Crippen LogP contribution in [0.5, 0.6) is 0 Å². The van der Waals surface area contributed by atoms with Crippen LogP contribution in [-0.4, -0.2) is 46.9 Å². The SMILES string of the molecule is CC(C(=O)O)C(F)(F)C(F)(F)C(F)(F)C(F)(F)C(F)(F)C(F)(F)F. The average Bonchev–Trinajstić information content (AvgIpc) is 2.35. The number of aliphatic carboxylic acids is 1. The van der Waals surface area contributed by atoms with E-state index < -0.39 is 47.7 Å². The minimum Gasteiger partial charge on any atom is -0.481 e. The van der Waals surface area contributed by atoms with Crippen molar-refractivity contribution < 1.29 is 67.0 Å². The maximum Gasteiger partial charge on any atom is 0.460 e. The highest BCUT2D eigenvalue weighted by Crippen LogP contribution is 2.61. The monoisotopic (exact) mass is 392 g/mol. The molecule has 0 amide bonds. The molecule has 0 aromatic carbocycles. The molecule has 0 fully saturated rings. The van der Waals surface area contributed by atoms with E-state index in [-0.39, 0.29) is 6.92 Å². The standard InChI is InChI=1S/C9H5F13O2/c1-2(3(23)24)4(10,11)5(12,13)6(14,15)7(16,17)8(18,19)9(20,21)22/h2H,1H3,(H,23,24). The molecule has 0 aliphatic carbocycles. The predicted octanol–water partition coefficient (Wildman–Crippen LogP) is 4.45. The summed E-state index contributed by atoms with van der Waals surface area (Å²) in [6.07, 6.45) is -7.50. The van der Waals surface area contributed by atoms with Gasteiger partial charge in [-0.25, -0.2) is 0 Å². The molecule has 0 aromatic rings. The van der Waals surface area contributed by atoms with E-state index in [1.165, 1.54) is 0 Å². The van der Waals surface area contributed by atoms with Crippen molar-refractivity contribution in [3.05, 3.63) is 0 Å². The van der Waals surface area contributed by atoms with E-state index in [1.54, 1.807) is 0 Å². The molecule has 0 spiro atoms. The first-order valence-corrected chi connectivity index (χ1v) is 5.29. The van der Waals surface area contributed by atoms with Crippen LogP contribution in [0.15, 0.2) is 0 Å². The van der Waals surface area contributed by atoms with Crippen molar-refractivity contribution >= 4 is 5.97 Å². The fraction of sp³-hybridized carbons (Fsp3) is 0.889. The van der Waals surface area contributed by atoms with Crippen LogP contribution in [0.25, 0.3) is 0 Å². The summed E-state index contributed by atoms with van der Waals surface area (Å²) in [5, 5.41) is 8.06. The maximum atomic E-state index is 13.1. The zero-order chi connectivity index (χ0) is 20.2. The highest BCUT2D eigenvalue weighted by molar-refractivity contribution is 5.71. The summed E-state index contributed by atoms with van der Waals surface area (Å²) < 4.78 is 164. The molecule has 0 saturated carbocycles. The second-order valence-corrected chi connectivity index (χ2v) is 4.48. The molecule has 144 valence electrons. The Hall–Kier alpha value is -1.44. The van der Waals surface area contributed by atoms with Gasteiger partial charge in [0.15, 0.2) is 0 Å². The van der Waals surface area contributed by atoms with E-state index in [4.69, 9.17) is 5.11 Å². The van der Waals surface area contributed by atoms with Gasteiger partial charge in [0.2, 0.25) is 0 Å². The van der Waals surface area contributed by atoms with Crippen LogP contribution in [0.1, 0.15) is 6.92 Å². The van der Waals surface area contributed by atoms with Gasteiger partial charge in [-0.05, 0) is 6.92 Å². The Balaban J connectivity index is 6.36. The highest BCUT2D eigenvalue weighted by atomic mass is 19.4. The normalized spacial score (nSPS) is 16.9. The van der Waals surface area contributed by atoms with Crippen LogP contribution >= 0.6 is 0 Å². The zero-order valence-corrected chi connectivity index (χ0v) is 10.8. The summed E-state index contributed by atoms with van der Waals surface area (Å²) in [4.78, 5) is 10.2. The van der Waals surface area contributed by atoms with Gasteiger partial charge < -0.3 is 5.11 Å². The average molecular weight is 392 g/mol. The van der Waals surface area contributed by atoms with Crippen molar-refractivity contribution in [3.63, 3.8) is 0 Å². The van der Waals surface area contributed by atoms with Crippen LogP contribution in [-0.2, 0) is 4.79 Å². The third-order valence-electron chi connectivity index (χ3n) is 2.87. The summed E-state index contributed by atoms with van der Waals surface area (Å²) in [6.45, 7) is -0.369. The lowest BCUT2D eigenvalue weighted by atomic mass is 9.88. The molecule has 0 aliphatic rings. The van der Waals surface area contributed by atoms with Crippen molar-refractivity contribution in [2.75, 3.05) is 0 Å². The van der Waals surface area contributed by atoms with E-state index >= 15 is 0 Å². The Labute approximate surface area is 123 Å². The van der Waals surface area contributed by atoms with Crippen molar-refractivity contribution in [1.29, 1.82) is 0 Å². The molecule has 2 nitrogen and oxygen atoms in total. The number of hydrogen-bond acceptors (Lipinski definition) is 1. The van der Waals surface area contributed by atoms with Gasteiger partial charge in [0.25, 0.3) is 0 Å². The first kappa shape index (κ1) is 22.6. The first-order valence-electron chi connectivity index (χ1n) is 5.29. The Kier molecular flexibility index (Phi) is 5.21. The summed E-state index contributed by atoms with van der Waals surface area (Å²) >= 11 is 0. The summed E-state index contributed by atoms with van der Waals surface area (Å²) in [5.74, 6) is -44.7. The number of hydrogen-bond donors (Lipinski definition) is 1. The molecule has 1 N–H and O–H groups in total. The van der Waals surface area contributed by atoms with Crippen LogP contribution in [0.4, 0.5) is 57.1 Å². The molecule has 0 saturated heterocycles. The maximum absolute atomic E-state index is 13.1. The molecule has 0 aromatic heterocycles. The zero-order valence-electron chi connectivity index (χ0n) is 10.8. The molecule has 0 heterocycles. The molecule has 0 rings (SSSR count). The first-order chi connectivity index (χ1) is 10.1. The fourth-order valence-corrected chi connectivity index (χ4v) is 1.21. The highest BCUT2D eigenvalue weighted by Gasteiger charge is 2.91. The summed E-state index contributed by atoms with van der Waals surface area (Å²) in [6, 6.07) is 0. The van der Waals surface area contributed by atoms with Crippen LogP contribution < -0.4 is 0 Å². The molecule has 0 aliphatic heterocycles. The number of carboxylic acid groups (broad SMARTS) is 1. The van der Waals surface area contributed by atoms with E-state index in [1.807, 2.05) is 0 Å². The molecule has 24 heavy (non-hydrogen) atoms. The van der Waals surface area contributed by atoms with Gasteiger partial charge in [-0.3, -0.25) is 4.79 Å². The number of alkyl halides is 13. The van der Waals surface area contributed by atoms with Crippen molar-refractivity contribution in [2.24, 2.45) is 5.92 Å². The predicted molar refractivity (Wildman–Crippen MR) is 47.6 cm³/mol. The smallest absolute Gasteiger partial charge is 0.460 e. The van der Waals surface area contributed by atoms with Gasteiger partial charge in [0, 0.05) is 0 Å². The molecule has 1 atom stereocenters. The van der Waals surface area contributed by atoms with Crippen molar-refractivity contribution in [1.82, 2.24) is 0 Å². The Morgan fingerprint density at radius 3 is 1.21 bits per heavy atom. The van der Waals surface area contributed by atoms with Gasteiger partial charge in [-0.2, -0.15) is 57.1 Å². The van der Waals surface area contributed by atoms with Gasteiger partial charge in [-0.15, -0.1) is 0 Å². The van der Waals surface area contributed by atoms with Crippen molar-refractivity contribution in [2.45, 2.75) is 42.7 Å². The molecular weight excluding hydrogens is 387 g/mol. The summed E-state index contributed by atoms with van der Waals surface area (Å²) in [7, 11) is 0. The molecule has 15 heteroatoms. The van der Waals surface area contributed by atoms with Crippen molar-refractivity contribution in [3.8, 4) is 0 Å². The van der Waals surface area contributed by atoms with Gasteiger partial charge in [-0.1, -0.05) is 0 Å². The second-order valence-electron chi connectivity index (χ2n) is 4.48. The van der Waals surface area contributed by atoms with E-state index in [9.17, 15) is 61.9 Å². The van der Waals surface area contributed by atoms with Crippen LogP contribution in [0.3, 0.4) is 0 Å². The Morgan fingerprint density at radius 2 is 0.958 bits per heavy atom. The number of halogens is 13. The summed E-state index contributed by atoms with van der Waals surface area (Å²) in [5.41, 5.74) is 0. The molecule has 0 radical (unpaired) electrons. The lowest BCUT2D eigenvalue weighted by Gasteiger charge is -2.40. The fourth-order valence-electron chi connectivity index (χ4n) is 1.21. The second kappa shape index (κ2) is 5.54. The molecule has 1 unspecified atom stereocenters. The van der Waals surface area contributed by atoms with Gasteiger partial charge in [0.1, 0.15) is 5.92 Å². The minimum atomic E-state index is -8.02. The third-order valence-corrected chi connectivity index (χ3v) is 2.87. The number of carboxylic acids is 1. The number of rotatable bonds is 6. The lowest BCUT2D eigenvalue weighted by Crippen LogP contribution is -2.71. The van der Waals surface area contributed by atoms with Crippen LogP contribution in [0, 0.1) is 5.92 Å². The lowest BCUT2D eigenvalue weighted by molar-refractivity contribution is -0.442. The van der Waals surface area contributed by atoms with E-state index in [0.717, 1.165) is 0 Å². The molecular formula is C9H5F13O2. The minimum absolute atomic E-state index is 0.369.